The van der Waals surface area contributed by atoms with Gasteiger partial charge < -0.3 is 25.5 Å². The van der Waals surface area contributed by atoms with Gasteiger partial charge in [-0.15, -0.1) is 32.9 Å². The Kier molecular flexibility index (Phi) is 14.3. The molecule has 2 aromatic carbocycles. The van der Waals surface area contributed by atoms with Crippen molar-refractivity contribution in [3.63, 3.8) is 0 Å². The maximum atomic E-state index is 14.4. The van der Waals surface area contributed by atoms with Crippen LogP contribution in [0.4, 0.5) is 0 Å². The molecule has 74 heavy (non-hydrogen) atoms. The third-order valence-electron chi connectivity index (χ3n) is 16.2. The molecular formula is C55H68ClN11O5S2. The number of carbonyl (C=O) groups is 4. The van der Waals surface area contributed by atoms with E-state index in [-0.39, 0.29) is 67.1 Å². The van der Waals surface area contributed by atoms with Gasteiger partial charge in [-0.3, -0.25) is 38.5 Å². The molecular weight excluding hydrogens is 994 g/mol. The Morgan fingerprint density at radius 1 is 0.932 bits per heavy atom. The van der Waals surface area contributed by atoms with Crippen LogP contribution in [0.25, 0.3) is 15.4 Å². The van der Waals surface area contributed by atoms with Gasteiger partial charge in [-0.05, 0) is 88.6 Å². The molecule has 0 radical (unpaired) electrons. The molecule has 19 heteroatoms. The number of nitrogens with zero attached hydrogens (tertiary/aromatic N) is 9. The van der Waals surface area contributed by atoms with E-state index in [2.05, 4.69) is 61.0 Å². The number of nitrogens with one attached hydrogen (secondary N) is 2. The van der Waals surface area contributed by atoms with E-state index in [1.807, 2.05) is 100 Å². The van der Waals surface area contributed by atoms with E-state index in [0.717, 1.165) is 93.9 Å². The molecule has 1 unspecified atom stereocenters. The second kappa shape index (κ2) is 20.3. The molecule has 4 aliphatic heterocycles. The van der Waals surface area contributed by atoms with E-state index < -0.39 is 29.6 Å². The summed E-state index contributed by atoms with van der Waals surface area (Å²) in [7, 11) is 0. The highest BCUT2D eigenvalue weighted by Crippen LogP contribution is 2.51. The maximum Gasteiger partial charge on any atom is 0.246 e. The smallest absolute Gasteiger partial charge is 0.246 e. The molecule has 3 aromatic heterocycles. The maximum absolute atomic E-state index is 14.4. The quantitative estimate of drug-likeness (QED) is 0.118. The Hall–Kier alpha value is -5.37. The van der Waals surface area contributed by atoms with Crippen molar-refractivity contribution in [2.24, 2.45) is 15.8 Å². The number of aliphatic imine (C=N–C) groups is 1. The van der Waals surface area contributed by atoms with Crippen LogP contribution in [0.15, 0.2) is 59.0 Å². The van der Waals surface area contributed by atoms with Crippen molar-refractivity contribution in [1.82, 2.24) is 50.0 Å². The van der Waals surface area contributed by atoms with E-state index in [9.17, 15) is 24.3 Å². The lowest BCUT2D eigenvalue weighted by atomic mass is 9.60. The summed E-state index contributed by atoms with van der Waals surface area (Å²) in [5.41, 5.74) is 8.19. The molecule has 16 nitrogen and oxygen atoms in total. The summed E-state index contributed by atoms with van der Waals surface area (Å²) in [6, 6.07) is 13.6. The fraction of sp³-hybridized carbons (Fsp3) is 0.527. The lowest BCUT2D eigenvalue weighted by molar-refractivity contribution is -0.159. The average Bonchev–Trinajstić information content (AvgIpc) is 4.10. The molecule has 6 atom stereocenters. The first kappa shape index (κ1) is 52.1. The number of rotatable bonds is 12. The first-order valence-electron chi connectivity index (χ1n) is 25.9. The zero-order valence-corrected chi connectivity index (χ0v) is 46.2. The molecule has 392 valence electrons. The summed E-state index contributed by atoms with van der Waals surface area (Å²) in [6.07, 6.45) is 1.50. The molecule has 1 aliphatic carbocycles. The van der Waals surface area contributed by atoms with Gasteiger partial charge in [0.2, 0.25) is 23.6 Å². The summed E-state index contributed by atoms with van der Waals surface area (Å²) < 4.78 is 2.09. The zero-order chi connectivity index (χ0) is 52.5. The van der Waals surface area contributed by atoms with Gasteiger partial charge in [0.25, 0.3) is 0 Å². The summed E-state index contributed by atoms with van der Waals surface area (Å²) in [6.45, 7) is 21.9. The number of aromatic nitrogens is 4. The lowest BCUT2D eigenvalue weighted by Crippen LogP contribution is -2.69. The van der Waals surface area contributed by atoms with Crippen molar-refractivity contribution in [2.75, 3.05) is 45.8 Å². The van der Waals surface area contributed by atoms with Gasteiger partial charge in [0.15, 0.2) is 5.82 Å². The van der Waals surface area contributed by atoms with Crippen molar-refractivity contribution >= 4 is 63.6 Å². The molecule has 5 aliphatic rings. The largest absolute Gasteiger partial charge is 0.391 e. The third-order valence-corrected chi connectivity index (χ3v) is 18.6. The van der Waals surface area contributed by atoms with E-state index in [0.29, 0.717) is 23.4 Å². The Morgan fingerprint density at radius 3 is 2.30 bits per heavy atom. The van der Waals surface area contributed by atoms with E-state index in [1.54, 1.807) is 22.7 Å². The van der Waals surface area contributed by atoms with Crippen LogP contribution in [0.2, 0.25) is 5.02 Å². The van der Waals surface area contributed by atoms with Gasteiger partial charge in [0.05, 0.1) is 46.9 Å². The Bertz CT molecular complexity index is 2980. The second-order valence-electron chi connectivity index (χ2n) is 22.6. The highest BCUT2D eigenvalue weighted by Gasteiger charge is 2.55. The number of thiazole rings is 1. The molecule has 0 bridgehead atoms. The van der Waals surface area contributed by atoms with E-state index in [1.165, 1.54) is 9.78 Å². The van der Waals surface area contributed by atoms with Crippen LogP contribution in [-0.2, 0) is 19.2 Å². The predicted molar refractivity (Wildman–Crippen MR) is 289 cm³/mol. The minimum atomic E-state index is -0.911. The predicted octanol–water partition coefficient (Wildman–Crippen LogP) is 6.99. The van der Waals surface area contributed by atoms with Crippen LogP contribution in [0.1, 0.15) is 117 Å². The number of hydrogen-bond acceptors (Lipinski definition) is 13. The molecule has 3 N–H and O–H groups in total. The fourth-order valence-corrected chi connectivity index (χ4v) is 14.0. The lowest BCUT2D eigenvalue weighted by Gasteiger charge is -2.62. The number of β-amino-alcohol motifs (C(OH)–C–C–N with tert-alkyl or cyclic N) is 1. The topological polar surface area (TPSA) is 181 Å². The number of benzene rings is 2. The number of amides is 4. The molecule has 1 saturated carbocycles. The number of aliphatic hydroxyl groups is 1. The average molecular weight is 1060 g/mol. The molecule has 5 aromatic rings. The van der Waals surface area contributed by atoms with Crippen LogP contribution >= 0.6 is 34.3 Å². The van der Waals surface area contributed by atoms with Gasteiger partial charge in [0.1, 0.15) is 29.0 Å². The van der Waals surface area contributed by atoms with Gasteiger partial charge in [-0.2, -0.15) is 0 Å². The highest BCUT2D eigenvalue weighted by molar-refractivity contribution is 7.15. The second-order valence-corrected chi connectivity index (χ2v) is 25.1. The van der Waals surface area contributed by atoms with Gasteiger partial charge >= 0.3 is 0 Å². The minimum absolute atomic E-state index is 0.00946. The molecule has 4 fully saturated rings. The van der Waals surface area contributed by atoms with Crippen molar-refractivity contribution in [3.05, 3.63) is 104 Å². The Labute approximate surface area is 446 Å². The molecule has 7 heterocycles. The van der Waals surface area contributed by atoms with Crippen molar-refractivity contribution < 1.29 is 24.3 Å². The number of halogens is 1. The standard InChI is InChI=1S/C55H68ClN11O5S2/c1-30-24-64(40-22-55(23-40)27-65(28-55)45(70)21-42-50-62-61-35(6)67(50)53-46(31(2)34(5)74-53)47(59-42)37-14-16-39(56)17-15-37)19-18-63(30)26-44(69)60-49(54(7,8)9)52(72)66-25-41(68)20-43(66)51(71)58-32(3)36-10-12-38(13-11-36)48-33(4)57-29-73-48/h10-17,29-30,32,40-43,49,68H,18-28H2,1-9H3,(H,58,71)(H,60,69)/t30-,32?,41-,42+,43+,49-/m1/s1. The van der Waals surface area contributed by atoms with Crippen molar-refractivity contribution in [3.8, 4) is 15.4 Å². The number of likely N-dealkylation sites (tertiary alicyclic amines) is 2. The number of hydrogen-bond donors (Lipinski definition) is 3. The van der Waals surface area contributed by atoms with Crippen LogP contribution in [-0.4, -0.2) is 150 Å². The summed E-state index contributed by atoms with van der Waals surface area (Å²) >= 11 is 9.59. The SMILES string of the molecule is Cc1ncsc1-c1ccc(C(C)NC(=O)[C@@H]2C[C@@H](O)CN2C(=O)[C@@H](NC(=O)CN2CCN(C3CC4(C3)CN(C(=O)C[C@@H]3N=C(c5ccc(Cl)cc5)c5c(sc(C)c5C)-n5c(C)nnc53)C4)C[C@H]2C)C(C)(C)C)cc1. The highest BCUT2D eigenvalue weighted by atomic mass is 35.5. The summed E-state index contributed by atoms with van der Waals surface area (Å²) in [5, 5.41) is 27.7. The van der Waals surface area contributed by atoms with Crippen LogP contribution < -0.4 is 10.6 Å². The number of fused-ring (bicyclic) bond motifs is 3. The van der Waals surface area contributed by atoms with Crippen LogP contribution in [0, 0.1) is 38.5 Å². The first-order chi connectivity index (χ1) is 35.2. The monoisotopic (exact) mass is 1060 g/mol. The third kappa shape index (κ3) is 10.1. The number of carbonyl (C=O) groups excluding carboxylic acids is 4. The van der Waals surface area contributed by atoms with E-state index in [4.69, 9.17) is 16.6 Å². The zero-order valence-electron chi connectivity index (χ0n) is 43.8. The molecule has 4 amide bonds. The number of thiophene rings is 1. The minimum Gasteiger partial charge on any atom is -0.391 e. The summed E-state index contributed by atoms with van der Waals surface area (Å²) in [5.74, 6) is 0.540. The summed E-state index contributed by atoms with van der Waals surface area (Å²) in [4.78, 5) is 76.3. The molecule has 1 spiro atoms. The van der Waals surface area contributed by atoms with E-state index >= 15 is 0 Å². The van der Waals surface area contributed by atoms with Gasteiger partial charge in [-0.25, -0.2) is 4.98 Å². The van der Waals surface area contributed by atoms with Crippen molar-refractivity contribution in [1.29, 1.82) is 0 Å². The molecule has 3 saturated heterocycles. The Morgan fingerprint density at radius 2 is 1.64 bits per heavy atom. The van der Waals surface area contributed by atoms with Crippen molar-refractivity contribution in [2.45, 2.75) is 130 Å². The molecule has 10 rings (SSSR count). The van der Waals surface area contributed by atoms with Gasteiger partial charge in [0, 0.05) is 84.2 Å². The van der Waals surface area contributed by atoms with Gasteiger partial charge in [-0.1, -0.05) is 68.8 Å². The first-order valence-corrected chi connectivity index (χ1v) is 28.0. The fourth-order valence-electron chi connectivity index (χ4n) is 11.8. The Balaban J connectivity index is 0.710. The number of aryl methyl sites for hydroxylation is 3. The normalized spacial score (nSPS) is 22.8. The number of piperazine rings is 1. The van der Waals surface area contributed by atoms with Crippen LogP contribution in [0.5, 0.6) is 0 Å². The number of aliphatic hydroxyl groups excluding tert-OH is 1. The van der Waals surface area contributed by atoms with Crippen LogP contribution in [0.3, 0.4) is 0 Å².